The van der Waals surface area contributed by atoms with Crippen molar-refractivity contribution in [1.82, 2.24) is 4.90 Å². The first-order valence-corrected chi connectivity index (χ1v) is 11.2. The third kappa shape index (κ3) is 6.00. The molecule has 0 aliphatic carbocycles. The van der Waals surface area contributed by atoms with Crippen molar-refractivity contribution >= 4 is 40.9 Å². The molecule has 3 rings (SSSR count). The standard InChI is InChI=1S/C22H22ClF3N2O4S/c1-21(32,22(24,25)26)20(31)27-18-9-8-16(11-17(18)23)33-15-6-4-13(5-7-15)19(30)28-10-2-3-14(29)12-28/h4-9,11,14,29,32H,2-3,10,12H2,1H3,(H,27,31)/t14?,21-/m1/s1. The lowest BCUT2D eigenvalue weighted by Gasteiger charge is -2.30. The molecule has 0 bridgehead atoms. The molecule has 1 aliphatic rings. The van der Waals surface area contributed by atoms with Crippen molar-refractivity contribution in [3.63, 3.8) is 0 Å². The Labute approximate surface area is 197 Å². The van der Waals surface area contributed by atoms with Crippen LogP contribution in [0.5, 0.6) is 0 Å². The molecule has 3 N–H and O–H groups in total. The molecule has 2 aromatic rings. The van der Waals surface area contributed by atoms with Crippen molar-refractivity contribution in [3.05, 3.63) is 53.1 Å². The van der Waals surface area contributed by atoms with Gasteiger partial charge < -0.3 is 20.4 Å². The number of anilines is 1. The van der Waals surface area contributed by atoms with Crippen LogP contribution in [0.25, 0.3) is 0 Å². The Kier molecular flexibility index (Phi) is 7.62. The Balaban J connectivity index is 1.65. The van der Waals surface area contributed by atoms with Gasteiger partial charge in [0, 0.05) is 28.4 Å². The van der Waals surface area contributed by atoms with Gasteiger partial charge in [-0.15, -0.1) is 0 Å². The van der Waals surface area contributed by atoms with E-state index in [0.29, 0.717) is 36.9 Å². The number of hydrogen-bond donors (Lipinski definition) is 3. The molecule has 0 saturated carbocycles. The average Bonchev–Trinajstić information content (AvgIpc) is 2.75. The summed E-state index contributed by atoms with van der Waals surface area (Å²) in [5.41, 5.74) is -3.13. The van der Waals surface area contributed by atoms with E-state index in [1.54, 1.807) is 35.2 Å². The SMILES string of the molecule is C[C@@](O)(C(=O)Nc1ccc(Sc2ccc(C(=O)N3CCCC(O)C3)cc2)cc1Cl)C(F)(F)F. The Hall–Kier alpha value is -2.27. The second-order valence-electron chi connectivity index (χ2n) is 7.84. The summed E-state index contributed by atoms with van der Waals surface area (Å²) in [6.45, 7) is 1.28. The highest BCUT2D eigenvalue weighted by Gasteiger charge is 2.55. The van der Waals surface area contributed by atoms with Crippen LogP contribution in [-0.2, 0) is 4.79 Å². The van der Waals surface area contributed by atoms with Crippen molar-refractivity contribution < 1.29 is 33.0 Å². The lowest BCUT2D eigenvalue weighted by Crippen LogP contribution is -2.52. The first-order chi connectivity index (χ1) is 15.4. The van der Waals surface area contributed by atoms with Gasteiger partial charge in [0.05, 0.1) is 16.8 Å². The molecule has 2 amide bonds. The predicted molar refractivity (Wildman–Crippen MR) is 118 cm³/mol. The van der Waals surface area contributed by atoms with Crippen molar-refractivity contribution in [2.45, 2.75) is 47.4 Å². The zero-order valence-electron chi connectivity index (χ0n) is 17.5. The quantitative estimate of drug-likeness (QED) is 0.566. The van der Waals surface area contributed by atoms with Crippen LogP contribution in [-0.4, -0.2) is 57.9 Å². The summed E-state index contributed by atoms with van der Waals surface area (Å²) in [6, 6.07) is 11.2. The normalized spacial score (nSPS) is 18.5. The molecule has 0 spiro atoms. The van der Waals surface area contributed by atoms with Gasteiger partial charge >= 0.3 is 6.18 Å². The Morgan fingerprint density at radius 3 is 2.36 bits per heavy atom. The Morgan fingerprint density at radius 1 is 1.15 bits per heavy atom. The van der Waals surface area contributed by atoms with E-state index >= 15 is 0 Å². The molecule has 1 saturated heterocycles. The van der Waals surface area contributed by atoms with Crippen LogP contribution in [0.4, 0.5) is 18.9 Å². The minimum Gasteiger partial charge on any atom is -0.391 e. The van der Waals surface area contributed by atoms with Gasteiger partial charge in [0.2, 0.25) is 5.60 Å². The fourth-order valence-corrected chi connectivity index (χ4v) is 4.31. The molecule has 0 aromatic heterocycles. The maximum atomic E-state index is 12.8. The third-order valence-electron chi connectivity index (χ3n) is 5.20. The molecule has 1 aliphatic heterocycles. The molecule has 1 fully saturated rings. The van der Waals surface area contributed by atoms with Gasteiger partial charge in [-0.25, -0.2) is 0 Å². The zero-order valence-corrected chi connectivity index (χ0v) is 19.1. The molecule has 178 valence electrons. The fourth-order valence-electron chi connectivity index (χ4n) is 3.16. The zero-order chi connectivity index (χ0) is 24.4. The number of rotatable bonds is 5. The lowest BCUT2D eigenvalue weighted by molar-refractivity contribution is -0.242. The number of hydrogen-bond acceptors (Lipinski definition) is 5. The van der Waals surface area contributed by atoms with Gasteiger partial charge in [-0.1, -0.05) is 23.4 Å². The van der Waals surface area contributed by atoms with E-state index in [1.807, 2.05) is 5.32 Å². The second kappa shape index (κ2) is 9.92. The van der Waals surface area contributed by atoms with Gasteiger partial charge in [0.25, 0.3) is 11.8 Å². The Bertz CT molecular complexity index is 1030. The number of likely N-dealkylation sites (tertiary alicyclic amines) is 1. The van der Waals surface area contributed by atoms with Crippen molar-refractivity contribution in [3.8, 4) is 0 Å². The second-order valence-corrected chi connectivity index (χ2v) is 9.39. The van der Waals surface area contributed by atoms with Gasteiger partial charge in [-0.05, 0) is 62.2 Å². The van der Waals surface area contributed by atoms with Crippen molar-refractivity contribution in [2.75, 3.05) is 18.4 Å². The number of carbonyl (C=O) groups excluding carboxylic acids is 2. The van der Waals surface area contributed by atoms with Crippen LogP contribution in [0.1, 0.15) is 30.1 Å². The minimum absolute atomic E-state index is 0.00165. The summed E-state index contributed by atoms with van der Waals surface area (Å²) in [7, 11) is 0. The molecule has 2 aromatic carbocycles. The smallest absolute Gasteiger partial charge is 0.391 e. The molecule has 1 unspecified atom stereocenters. The van der Waals surface area contributed by atoms with Crippen LogP contribution in [0.15, 0.2) is 52.3 Å². The van der Waals surface area contributed by atoms with Crippen LogP contribution < -0.4 is 5.32 Å². The molecule has 11 heteroatoms. The average molecular weight is 503 g/mol. The summed E-state index contributed by atoms with van der Waals surface area (Å²) in [4.78, 5) is 27.5. The minimum atomic E-state index is -5.14. The lowest BCUT2D eigenvalue weighted by atomic mass is 10.1. The number of aliphatic hydroxyl groups is 2. The van der Waals surface area contributed by atoms with Gasteiger partial charge in [-0.3, -0.25) is 9.59 Å². The maximum Gasteiger partial charge on any atom is 0.426 e. The largest absolute Gasteiger partial charge is 0.426 e. The topological polar surface area (TPSA) is 89.9 Å². The van der Waals surface area contributed by atoms with Gasteiger partial charge in [0.15, 0.2) is 0 Å². The monoisotopic (exact) mass is 502 g/mol. The van der Waals surface area contributed by atoms with Crippen LogP contribution >= 0.6 is 23.4 Å². The number of amides is 2. The molecule has 0 radical (unpaired) electrons. The molecule has 6 nitrogen and oxygen atoms in total. The van der Waals surface area contributed by atoms with E-state index in [9.17, 15) is 33.0 Å². The summed E-state index contributed by atoms with van der Waals surface area (Å²) < 4.78 is 38.4. The highest BCUT2D eigenvalue weighted by atomic mass is 35.5. The van der Waals surface area contributed by atoms with Crippen molar-refractivity contribution in [2.24, 2.45) is 0 Å². The fraction of sp³-hybridized carbons (Fsp3) is 0.364. The van der Waals surface area contributed by atoms with Crippen LogP contribution in [0.2, 0.25) is 5.02 Å². The molecule has 1 heterocycles. The number of nitrogens with zero attached hydrogens (tertiary/aromatic N) is 1. The first kappa shape index (κ1) is 25.4. The number of alkyl halides is 3. The number of aliphatic hydroxyl groups excluding tert-OH is 1. The third-order valence-corrected chi connectivity index (χ3v) is 6.51. The van der Waals surface area contributed by atoms with Gasteiger partial charge in [-0.2, -0.15) is 13.2 Å². The maximum absolute atomic E-state index is 12.8. The molecule has 33 heavy (non-hydrogen) atoms. The summed E-state index contributed by atoms with van der Waals surface area (Å²) in [5.74, 6) is -1.79. The molecular formula is C22H22ClF3N2O4S. The van der Waals surface area contributed by atoms with E-state index in [4.69, 9.17) is 11.6 Å². The number of nitrogens with one attached hydrogen (secondary N) is 1. The number of carbonyl (C=O) groups is 2. The highest BCUT2D eigenvalue weighted by Crippen LogP contribution is 2.35. The first-order valence-electron chi connectivity index (χ1n) is 10.0. The van der Waals surface area contributed by atoms with E-state index < -0.39 is 23.8 Å². The number of piperidine rings is 1. The molecule has 2 atom stereocenters. The number of β-amino-alcohol motifs (C(OH)–C–C–N with tert-alkyl or cyclic N) is 1. The summed E-state index contributed by atoms with van der Waals surface area (Å²) in [6.07, 6.45) is -4.20. The van der Waals surface area contributed by atoms with E-state index in [0.717, 1.165) is 11.3 Å². The Morgan fingerprint density at radius 2 is 1.79 bits per heavy atom. The predicted octanol–water partition coefficient (Wildman–Crippen LogP) is 4.34. The van der Waals surface area contributed by atoms with E-state index in [1.165, 1.54) is 23.9 Å². The van der Waals surface area contributed by atoms with E-state index in [-0.39, 0.29) is 16.6 Å². The summed E-state index contributed by atoms with van der Waals surface area (Å²) in [5, 5.41) is 21.2. The highest BCUT2D eigenvalue weighted by molar-refractivity contribution is 7.99. The number of benzene rings is 2. The number of halogens is 4. The van der Waals surface area contributed by atoms with Crippen LogP contribution in [0.3, 0.4) is 0 Å². The van der Waals surface area contributed by atoms with E-state index in [2.05, 4.69) is 0 Å². The molecular weight excluding hydrogens is 481 g/mol. The summed E-state index contributed by atoms with van der Waals surface area (Å²) >= 11 is 7.41. The van der Waals surface area contributed by atoms with Crippen molar-refractivity contribution in [1.29, 1.82) is 0 Å². The van der Waals surface area contributed by atoms with Crippen LogP contribution in [0, 0.1) is 0 Å². The van der Waals surface area contributed by atoms with Gasteiger partial charge in [0.1, 0.15) is 0 Å².